The molecule has 0 heterocycles. The van der Waals surface area contributed by atoms with Gasteiger partial charge in [0.2, 0.25) is 15.9 Å². The van der Waals surface area contributed by atoms with Gasteiger partial charge in [-0.15, -0.1) is 0 Å². The summed E-state index contributed by atoms with van der Waals surface area (Å²) in [5, 5.41) is 2.75. The van der Waals surface area contributed by atoms with Gasteiger partial charge in [0.25, 0.3) is 0 Å². The molecular weight excluding hydrogens is 376 g/mol. The van der Waals surface area contributed by atoms with Gasteiger partial charge in [0.1, 0.15) is 18.4 Å². The van der Waals surface area contributed by atoms with E-state index < -0.39 is 22.0 Å². The lowest BCUT2D eigenvalue weighted by atomic mass is 10.1. The van der Waals surface area contributed by atoms with Gasteiger partial charge in [0, 0.05) is 5.69 Å². The fourth-order valence-electron chi connectivity index (χ4n) is 2.72. The summed E-state index contributed by atoms with van der Waals surface area (Å²) in [5.41, 5.74) is 2.10. The van der Waals surface area contributed by atoms with E-state index in [9.17, 15) is 13.2 Å². The van der Waals surface area contributed by atoms with Crippen LogP contribution in [0.25, 0.3) is 0 Å². The van der Waals surface area contributed by atoms with Crippen LogP contribution in [0.4, 0.5) is 11.4 Å². The Bertz CT molecular complexity index is 906. The van der Waals surface area contributed by atoms with Crippen molar-refractivity contribution in [2.75, 3.05) is 22.5 Å². The first-order valence-corrected chi connectivity index (χ1v) is 10.8. The summed E-state index contributed by atoms with van der Waals surface area (Å²) in [6.45, 7) is 7.56. The van der Waals surface area contributed by atoms with Crippen LogP contribution in [0.2, 0.25) is 0 Å². The maximum Gasteiger partial charge on any atom is 0.247 e. The van der Waals surface area contributed by atoms with Gasteiger partial charge in [-0.3, -0.25) is 9.10 Å². The molecule has 28 heavy (non-hydrogen) atoms. The Morgan fingerprint density at radius 1 is 1.18 bits per heavy atom. The second-order valence-corrected chi connectivity index (χ2v) is 8.23. The summed E-state index contributed by atoms with van der Waals surface area (Å²) in [6, 6.07) is 13.1. The molecule has 0 fully saturated rings. The number of nitrogens with zero attached hydrogens (tertiary/aromatic N) is 1. The number of benzene rings is 2. The Morgan fingerprint density at radius 3 is 2.29 bits per heavy atom. The molecule has 0 saturated heterocycles. The lowest BCUT2D eigenvalue weighted by Crippen LogP contribution is -2.45. The highest BCUT2D eigenvalue weighted by molar-refractivity contribution is 7.92. The summed E-state index contributed by atoms with van der Waals surface area (Å²) < 4.78 is 31.2. The van der Waals surface area contributed by atoms with Gasteiger partial charge >= 0.3 is 0 Å². The SMILES string of the molecule is C=CCOc1ccc(NC(=O)[C@@H](C)N(c2ccc(CC)cc2)S(C)(=O)=O)cc1. The number of amides is 1. The van der Waals surface area contributed by atoms with Crippen molar-refractivity contribution < 1.29 is 17.9 Å². The number of carbonyl (C=O) groups is 1. The van der Waals surface area contributed by atoms with Crippen LogP contribution in [0.3, 0.4) is 0 Å². The van der Waals surface area contributed by atoms with Gasteiger partial charge < -0.3 is 10.1 Å². The molecule has 0 bridgehead atoms. The van der Waals surface area contributed by atoms with Gasteiger partial charge in [-0.25, -0.2) is 8.42 Å². The summed E-state index contributed by atoms with van der Waals surface area (Å²) in [5.74, 6) is 0.226. The minimum Gasteiger partial charge on any atom is -0.490 e. The molecular formula is C21H26N2O4S. The zero-order chi connectivity index (χ0) is 20.7. The third kappa shape index (κ3) is 5.60. The fourth-order valence-corrected chi connectivity index (χ4v) is 3.90. The van der Waals surface area contributed by atoms with Crippen LogP contribution in [0.1, 0.15) is 19.4 Å². The third-order valence-corrected chi connectivity index (χ3v) is 5.42. The molecule has 0 aliphatic carbocycles. The second kappa shape index (κ2) is 9.41. The van der Waals surface area contributed by atoms with Crippen LogP contribution < -0.4 is 14.4 Å². The van der Waals surface area contributed by atoms with Crippen molar-refractivity contribution >= 4 is 27.3 Å². The van der Waals surface area contributed by atoms with Crippen LogP contribution in [0, 0.1) is 0 Å². The average molecular weight is 403 g/mol. The van der Waals surface area contributed by atoms with Crippen molar-refractivity contribution in [1.82, 2.24) is 0 Å². The highest BCUT2D eigenvalue weighted by Crippen LogP contribution is 2.23. The lowest BCUT2D eigenvalue weighted by Gasteiger charge is -2.28. The van der Waals surface area contributed by atoms with Gasteiger partial charge in [0.15, 0.2) is 0 Å². The van der Waals surface area contributed by atoms with Crippen LogP contribution >= 0.6 is 0 Å². The molecule has 0 spiro atoms. The number of ether oxygens (including phenoxy) is 1. The van der Waals surface area contributed by atoms with Crippen molar-refractivity contribution in [3.8, 4) is 5.75 Å². The quantitative estimate of drug-likeness (QED) is 0.650. The highest BCUT2D eigenvalue weighted by Gasteiger charge is 2.29. The molecule has 6 nitrogen and oxygen atoms in total. The Labute approximate surface area is 166 Å². The van der Waals surface area contributed by atoms with E-state index in [-0.39, 0.29) is 0 Å². The smallest absolute Gasteiger partial charge is 0.247 e. The Balaban J connectivity index is 2.18. The zero-order valence-corrected chi connectivity index (χ0v) is 17.2. The number of aryl methyl sites for hydroxylation is 1. The molecule has 0 unspecified atom stereocenters. The molecule has 150 valence electrons. The first kappa shape index (κ1) is 21.5. The van der Waals surface area contributed by atoms with E-state index in [0.717, 1.165) is 22.5 Å². The number of hydrogen-bond acceptors (Lipinski definition) is 4. The van der Waals surface area contributed by atoms with Crippen LogP contribution in [0.15, 0.2) is 61.2 Å². The highest BCUT2D eigenvalue weighted by atomic mass is 32.2. The molecule has 1 atom stereocenters. The molecule has 0 radical (unpaired) electrons. The van der Waals surface area contributed by atoms with Crippen molar-refractivity contribution in [2.24, 2.45) is 0 Å². The second-order valence-electron chi connectivity index (χ2n) is 6.37. The van der Waals surface area contributed by atoms with E-state index in [0.29, 0.717) is 23.7 Å². The number of rotatable bonds is 9. The Morgan fingerprint density at radius 2 is 1.79 bits per heavy atom. The third-order valence-electron chi connectivity index (χ3n) is 4.18. The molecule has 0 aliphatic rings. The van der Waals surface area contributed by atoms with Crippen LogP contribution in [-0.4, -0.2) is 33.2 Å². The van der Waals surface area contributed by atoms with E-state index in [1.807, 2.05) is 19.1 Å². The lowest BCUT2D eigenvalue weighted by molar-refractivity contribution is -0.116. The van der Waals surface area contributed by atoms with E-state index in [1.165, 1.54) is 0 Å². The van der Waals surface area contributed by atoms with Gasteiger partial charge in [-0.05, 0) is 55.3 Å². The van der Waals surface area contributed by atoms with E-state index in [4.69, 9.17) is 4.74 Å². The Kier molecular flexibility index (Phi) is 7.23. The van der Waals surface area contributed by atoms with Crippen molar-refractivity contribution in [2.45, 2.75) is 26.3 Å². The summed E-state index contributed by atoms with van der Waals surface area (Å²) in [6.07, 6.45) is 3.59. The number of anilines is 2. The topological polar surface area (TPSA) is 75.7 Å². The maximum absolute atomic E-state index is 12.7. The molecule has 1 amide bonds. The number of carbonyl (C=O) groups excluding carboxylic acids is 1. The average Bonchev–Trinajstić information content (AvgIpc) is 2.67. The first-order valence-electron chi connectivity index (χ1n) is 8.99. The molecule has 2 rings (SSSR count). The number of nitrogens with one attached hydrogen (secondary N) is 1. The van der Waals surface area contributed by atoms with Crippen molar-refractivity contribution in [1.29, 1.82) is 0 Å². The summed E-state index contributed by atoms with van der Waals surface area (Å²) >= 11 is 0. The maximum atomic E-state index is 12.7. The van der Waals surface area contributed by atoms with Crippen LogP contribution in [-0.2, 0) is 21.2 Å². The standard InChI is InChI=1S/C21H26N2O4S/c1-5-15-27-20-13-9-18(10-14-20)22-21(24)16(3)23(28(4,25)26)19-11-7-17(6-2)8-12-19/h5,7-14,16H,1,6,15H2,2-4H3,(H,22,24)/t16-/m1/s1. The first-order chi connectivity index (χ1) is 13.3. The molecule has 0 aliphatic heterocycles. The summed E-state index contributed by atoms with van der Waals surface area (Å²) in [4.78, 5) is 12.7. The van der Waals surface area contributed by atoms with Crippen molar-refractivity contribution in [3.05, 3.63) is 66.7 Å². The minimum atomic E-state index is -3.65. The molecule has 1 N–H and O–H groups in total. The zero-order valence-electron chi connectivity index (χ0n) is 16.4. The van der Waals surface area contributed by atoms with E-state index >= 15 is 0 Å². The molecule has 0 aromatic heterocycles. The van der Waals surface area contributed by atoms with Crippen LogP contribution in [0.5, 0.6) is 5.75 Å². The van der Waals surface area contributed by atoms with Gasteiger partial charge in [0.05, 0.1) is 11.9 Å². The van der Waals surface area contributed by atoms with Gasteiger partial charge in [-0.1, -0.05) is 31.7 Å². The molecule has 7 heteroatoms. The largest absolute Gasteiger partial charge is 0.490 e. The molecule has 2 aromatic rings. The van der Waals surface area contributed by atoms with E-state index in [2.05, 4.69) is 11.9 Å². The predicted molar refractivity (Wildman–Crippen MR) is 113 cm³/mol. The fraction of sp³-hybridized carbons (Fsp3) is 0.286. The Hall–Kier alpha value is -2.80. The van der Waals surface area contributed by atoms with E-state index in [1.54, 1.807) is 49.4 Å². The monoisotopic (exact) mass is 402 g/mol. The molecule has 0 saturated carbocycles. The normalized spacial score (nSPS) is 12.1. The van der Waals surface area contributed by atoms with Gasteiger partial charge in [-0.2, -0.15) is 0 Å². The minimum absolute atomic E-state index is 0.392. The number of hydrogen-bond donors (Lipinski definition) is 1. The summed E-state index contributed by atoms with van der Waals surface area (Å²) in [7, 11) is -3.65. The predicted octanol–water partition coefficient (Wildman–Crippen LogP) is 3.61. The molecule has 2 aromatic carbocycles. The number of sulfonamides is 1. The van der Waals surface area contributed by atoms with Crippen molar-refractivity contribution in [3.63, 3.8) is 0 Å².